The molecule has 0 unspecified atom stereocenters. The van der Waals surface area contributed by atoms with Crippen molar-refractivity contribution in [3.05, 3.63) is 84.9 Å². The molecular formula is C20H14N4O. The Balaban J connectivity index is 1.63. The Kier molecular flexibility index (Phi) is 3.88. The minimum atomic E-state index is -0.295. The maximum atomic E-state index is 12.2. The lowest BCUT2D eigenvalue weighted by atomic mass is 10.1. The van der Waals surface area contributed by atoms with Gasteiger partial charge in [-0.25, -0.2) is 9.97 Å². The van der Waals surface area contributed by atoms with Gasteiger partial charge in [0.1, 0.15) is 5.69 Å². The SMILES string of the molecule is O=C(Nc1cccc(-c2ccc3ccccc3n2)c1)c1cnccn1. The Morgan fingerprint density at radius 3 is 2.72 bits per heavy atom. The van der Waals surface area contributed by atoms with Gasteiger partial charge in [0.25, 0.3) is 5.91 Å². The van der Waals surface area contributed by atoms with Crippen LogP contribution in [-0.2, 0) is 0 Å². The number of fused-ring (bicyclic) bond motifs is 1. The summed E-state index contributed by atoms with van der Waals surface area (Å²) in [5, 5.41) is 3.93. The van der Waals surface area contributed by atoms with Crippen molar-refractivity contribution in [1.82, 2.24) is 15.0 Å². The molecule has 2 heterocycles. The van der Waals surface area contributed by atoms with Crippen molar-refractivity contribution in [2.75, 3.05) is 5.32 Å². The van der Waals surface area contributed by atoms with E-state index in [1.54, 1.807) is 0 Å². The Morgan fingerprint density at radius 2 is 1.84 bits per heavy atom. The number of carbonyl (C=O) groups is 1. The first-order valence-corrected chi connectivity index (χ1v) is 7.83. The Hall–Kier alpha value is -3.60. The summed E-state index contributed by atoms with van der Waals surface area (Å²) >= 11 is 0. The number of hydrogen-bond acceptors (Lipinski definition) is 4. The van der Waals surface area contributed by atoms with E-state index in [4.69, 9.17) is 0 Å². The van der Waals surface area contributed by atoms with Crippen molar-refractivity contribution in [2.45, 2.75) is 0 Å². The van der Waals surface area contributed by atoms with E-state index in [0.717, 1.165) is 22.2 Å². The molecule has 0 saturated carbocycles. The van der Waals surface area contributed by atoms with Gasteiger partial charge in [0.15, 0.2) is 0 Å². The second-order valence-corrected chi connectivity index (χ2v) is 5.51. The van der Waals surface area contributed by atoms with Crippen LogP contribution in [0.5, 0.6) is 0 Å². The number of rotatable bonds is 3. The van der Waals surface area contributed by atoms with Gasteiger partial charge in [0.05, 0.1) is 17.4 Å². The molecule has 5 nitrogen and oxygen atoms in total. The molecule has 120 valence electrons. The van der Waals surface area contributed by atoms with Gasteiger partial charge >= 0.3 is 0 Å². The third-order valence-electron chi connectivity index (χ3n) is 3.81. The Morgan fingerprint density at radius 1 is 0.920 bits per heavy atom. The van der Waals surface area contributed by atoms with Crippen LogP contribution >= 0.6 is 0 Å². The summed E-state index contributed by atoms with van der Waals surface area (Å²) in [4.78, 5) is 24.8. The third kappa shape index (κ3) is 3.21. The molecular weight excluding hydrogens is 312 g/mol. The van der Waals surface area contributed by atoms with Crippen LogP contribution in [0.25, 0.3) is 22.2 Å². The quantitative estimate of drug-likeness (QED) is 0.619. The summed E-state index contributed by atoms with van der Waals surface area (Å²) < 4.78 is 0. The highest BCUT2D eigenvalue weighted by Gasteiger charge is 2.08. The van der Waals surface area contributed by atoms with Crippen LogP contribution in [0.4, 0.5) is 5.69 Å². The first-order chi connectivity index (χ1) is 12.3. The van der Waals surface area contributed by atoms with Gasteiger partial charge < -0.3 is 5.32 Å². The van der Waals surface area contributed by atoms with E-state index in [9.17, 15) is 4.79 Å². The number of pyridine rings is 1. The average molecular weight is 326 g/mol. The number of para-hydroxylation sites is 1. The first-order valence-electron chi connectivity index (χ1n) is 7.83. The highest BCUT2D eigenvalue weighted by Crippen LogP contribution is 2.23. The van der Waals surface area contributed by atoms with E-state index in [1.807, 2.05) is 60.7 Å². The maximum absolute atomic E-state index is 12.2. The van der Waals surface area contributed by atoms with Crippen molar-refractivity contribution in [3.8, 4) is 11.3 Å². The smallest absolute Gasteiger partial charge is 0.275 e. The molecule has 0 aliphatic carbocycles. The van der Waals surface area contributed by atoms with E-state index < -0.39 is 0 Å². The molecule has 4 rings (SSSR count). The molecule has 0 saturated heterocycles. The van der Waals surface area contributed by atoms with Gasteiger partial charge in [-0.15, -0.1) is 0 Å². The third-order valence-corrected chi connectivity index (χ3v) is 3.81. The van der Waals surface area contributed by atoms with Crippen molar-refractivity contribution in [3.63, 3.8) is 0 Å². The largest absolute Gasteiger partial charge is 0.321 e. The Bertz CT molecular complexity index is 1050. The van der Waals surface area contributed by atoms with Crippen LogP contribution in [0, 0.1) is 0 Å². The molecule has 0 aliphatic rings. The van der Waals surface area contributed by atoms with Crippen LogP contribution in [0.3, 0.4) is 0 Å². The number of carbonyl (C=O) groups excluding carboxylic acids is 1. The predicted molar refractivity (Wildman–Crippen MR) is 97.2 cm³/mol. The molecule has 4 aromatic rings. The summed E-state index contributed by atoms with van der Waals surface area (Å²) in [5.41, 5.74) is 3.69. The average Bonchev–Trinajstić information content (AvgIpc) is 2.68. The molecule has 5 heteroatoms. The highest BCUT2D eigenvalue weighted by molar-refractivity contribution is 6.02. The van der Waals surface area contributed by atoms with Gasteiger partial charge in [0.2, 0.25) is 0 Å². The lowest BCUT2D eigenvalue weighted by Gasteiger charge is -2.07. The molecule has 2 aromatic heterocycles. The van der Waals surface area contributed by atoms with Crippen LogP contribution in [-0.4, -0.2) is 20.9 Å². The van der Waals surface area contributed by atoms with Gasteiger partial charge in [-0.1, -0.05) is 36.4 Å². The number of aromatic nitrogens is 3. The maximum Gasteiger partial charge on any atom is 0.275 e. The van der Waals surface area contributed by atoms with Crippen LogP contribution in [0.15, 0.2) is 79.3 Å². The lowest BCUT2D eigenvalue weighted by Crippen LogP contribution is -2.13. The summed E-state index contributed by atoms with van der Waals surface area (Å²) in [6.45, 7) is 0. The molecule has 0 atom stereocenters. The summed E-state index contributed by atoms with van der Waals surface area (Å²) in [5.74, 6) is -0.295. The van der Waals surface area contributed by atoms with Crippen LogP contribution in [0.1, 0.15) is 10.5 Å². The molecule has 0 aliphatic heterocycles. The normalized spacial score (nSPS) is 10.6. The van der Waals surface area contributed by atoms with Gasteiger partial charge in [-0.2, -0.15) is 0 Å². The van der Waals surface area contributed by atoms with Gasteiger partial charge in [-0.3, -0.25) is 9.78 Å². The molecule has 0 bridgehead atoms. The molecule has 0 radical (unpaired) electrons. The first kappa shape index (κ1) is 15.0. The summed E-state index contributed by atoms with van der Waals surface area (Å²) in [7, 11) is 0. The van der Waals surface area contributed by atoms with E-state index >= 15 is 0 Å². The zero-order valence-electron chi connectivity index (χ0n) is 13.3. The highest BCUT2D eigenvalue weighted by atomic mass is 16.1. The fourth-order valence-electron chi connectivity index (χ4n) is 2.59. The number of nitrogens with zero attached hydrogens (tertiary/aromatic N) is 3. The number of hydrogen-bond donors (Lipinski definition) is 1. The minimum Gasteiger partial charge on any atom is -0.321 e. The van der Waals surface area contributed by atoms with Crippen LogP contribution < -0.4 is 5.32 Å². The zero-order chi connectivity index (χ0) is 17.1. The number of anilines is 1. The molecule has 0 fully saturated rings. The fourth-order valence-corrected chi connectivity index (χ4v) is 2.59. The van der Waals surface area contributed by atoms with E-state index in [0.29, 0.717) is 5.69 Å². The molecule has 1 N–H and O–H groups in total. The van der Waals surface area contributed by atoms with Crippen molar-refractivity contribution in [1.29, 1.82) is 0 Å². The second kappa shape index (κ2) is 6.49. The topological polar surface area (TPSA) is 67.8 Å². The predicted octanol–water partition coefficient (Wildman–Crippen LogP) is 3.94. The van der Waals surface area contributed by atoms with Crippen molar-refractivity contribution >= 4 is 22.5 Å². The number of nitrogens with one attached hydrogen (secondary N) is 1. The standard InChI is InChI=1S/C20H14N4O/c25-20(19-13-21-10-11-22-19)23-16-6-3-5-15(12-16)18-9-8-14-4-1-2-7-17(14)24-18/h1-13H,(H,23,25). The molecule has 25 heavy (non-hydrogen) atoms. The van der Waals surface area contributed by atoms with E-state index in [-0.39, 0.29) is 11.6 Å². The zero-order valence-corrected chi connectivity index (χ0v) is 13.3. The summed E-state index contributed by atoms with van der Waals surface area (Å²) in [6.07, 6.45) is 4.46. The van der Waals surface area contributed by atoms with Crippen molar-refractivity contribution in [2.24, 2.45) is 0 Å². The monoisotopic (exact) mass is 326 g/mol. The molecule has 0 spiro atoms. The number of benzene rings is 2. The molecule has 2 aromatic carbocycles. The van der Waals surface area contributed by atoms with Crippen molar-refractivity contribution < 1.29 is 4.79 Å². The minimum absolute atomic E-state index is 0.275. The van der Waals surface area contributed by atoms with E-state index in [2.05, 4.69) is 20.3 Å². The summed E-state index contributed by atoms with van der Waals surface area (Å²) in [6, 6.07) is 19.6. The van der Waals surface area contributed by atoms with Crippen LogP contribution in [0.2, 0.25) is 0 Å². The Labute approximate surface area is 144 Å². The molecule has 1 amide bonds. The second-order valence-electron chi connectivity index (χ2n) is 5.51. The number of amides is 1. The fraction of sp³-hybridized carbons (Fsp3) is 0. The van der Waals surface area contributed by atoms with E-state index in [1.165, 1.54) is 18.6 Å². The van der Waals surface area contributed by atoms with Gasteiger partial charge in [-0.05, 0) is 24.3 Å². The lowest BCUT2D eigenvalue weighted by molar-refractivity contribution is 0.102. The van der Waals surface area contributed by atoms with Gasteiger partial charge in [0, 0.05) is 29.0 Å².